The molecule has 3 aromatic heterocycles. The molecule has 0 aliphatic carbocycles. The lowest BCUT2D eigenvalue weighted by Crippen LogP contribution is -2.48. The topological polar surface area (TPSA) is 100 Å². The highest BCUT2D eigenvalue weighted by atomic mass is 35.5. The predicted octanol–water partition coefficient (Wildman–Crippen LogP) is 4.47. The number of nitrogens with one attached hydrogen (secondary N) is 2. The van der Waals surface area contributed by atoms with Gasteiger partial charge in [-0.05, 0) is 36.3 Å². The molecule has 3 N–H and O–H groups in total. The number of carbonyl (C=O) groups excluding carboxylic acids is 1. The van der Waals surface area contributed by atoms with Crippen molar-refractivity contribution in [2.75, 3.05) is 6.61 Å². The van der Waals surface area contributed by atoms with Gasteiger partial charge in [-0.2, -0.15) is 0 Å². The zero-order chi connectivity index (χ0) is 22.8. The van der Waals surface area contributed by atoms with Crippen LogP contribution in [0.15, 0.2) is 42.9 Å². The van der Waals surface area contributed by atoms with E-state index in [0.717, 1.165) is 5.39 Å². The second-order valence-electron chi connectivity index (χ2n) is 9.16. The van der Waals surface area contributed by atoms with Gasteiger partial charge in [0.2, 0.25) is 0 Å². The Bertz CT molecular complexity index is 1050. The predicted molar refractivity (Wildman–Crippen MR) is 125 cm³/mol. The number of rotatable bonds is 7. The SMILES string of the molecule is CC(C)(C)[Si](C)(C)OC[C@H](NC(=O)c1cc2cc(Cl)ncc2[nH]1)[C@@H](O)c1cccnc1. The number of halogens is 1. The molecule has 0 radical (unpaired) electrons. The Morgan fingerprint density at radius 3 is 2.71 bits per heavy atom. The zero-order valence-electron chi connectivity index (χ0n) is 18.4. The van der Waals surface area contributed by atoms with Crippen LogP contribution in [-0.2, 0) is 4.43 Å². The van der Waals surface area contributed by atoms with Crippen molar-refractivity contribution in [2.24, 2.45) is 0 Å². The summed E-state index contributed by atoms with van der Waals surface area (Å²) in [5.41, 5.74) is 1.67. The number of H-pyrrole nitrogens is 1. The molecule has 3 heterocycles. The van der Waals surface area contributed by atoms with E-state index in [1.54, 1.807) is 42.9 Å². The van der Waals surface area contributed by atoms with Gasteiger partial charge in [0.15, 0.2) is 8.32 Å². The lowest BCUT2D eigenvalue weighted by Gasteiger charge is -2.38. The van der Waals surface area contributed by atoms with Crippen molar-refractivity contribution >= 4 is 36.7 Å². The van der Waals surface area contributed by atoms with Crippen LogP contribution >= 0.6 is 11.6 Å². The van der Waals surface area contributed by atoms with Gasteiger partial charge in [-0.25, -0.2) is 4.98 Å². The summed E-state index contributed by atoms with van der Waals surface area (Å²) in [6.45, 7) is 10.9. The fourth-order valence-electron chi connectivity index (χ4n) is 2.88. The minimum atomic E-state index is -2.09. The maximum Gasteiger partial charge on any atom is 0.268 e. The van der Waals surface area contributed by atoms with Crippen molar-refractivity contribution in [3.05, 3.63) is 59.3 Å². The smallest absolute Gasteiger partial charge is 0.268 e. The summed E-state index contributed by atoms with van der Waals surface area (Å²) in [5.74, 6) is -0.348. The van der Waals surface area contributed by atoms with Crippen molar-refractivity contribution in [3.63, 3.8) is 0 Å². The Morgan fingerprint density at radius 1 is 1.32 bits per heavy atom. The van der Waals surface area contributed by atoms with E-state index in [9.17, 15) is 9.90 Å². The minimum absolute atomic E-state index is 0.00423. The van der Waals surface area contributed by atoms with Crippen LogP contribution in [0.4, 0.5) is 0 Å². The Balaban J connectivity index is 1.83. The van der Waals surface area contributed by atoms with Gasteiger partial charge in [0, 0.05) is 23.3 Å². The molecular weight excluding hydrogens is 432 g/mol. The Morgan fingerprint density at radius 2 is 2.06 bits per heavy atom. The number of nitrogens with zero attached hydrogens (tertiary/aromatic N) is 2. The van der Waals surface area contributed by atoms with Crippen LogP contribution < -0.4 is 5.32 Å². The van der Waals surface area contributed by atoms with Crippen LogP contribution in [0.2, 0.25) is 23.3 Å². The number of aliphatic hydroxyl groups is 1. The highest BCUT2D eigenvalue weighted by Gasteiger charge is 2.38. The zero-order valence-corrected chi connectivity index (χ0v) is 20.2. The van der Waals surface area contributed by atoms with Gasteiger partial charge >= 0.3 is 0 Å². The van der Waals surface area contributed by atoms with Crippen molar-refractivity contribution in [3.8, 4) is 0 Å². The van der Waals surface area contributed by atoms with Crippen LogP contribution in [-0.4, -0.2) is 46.9 Å². The number of fused-ring (bicyclic) bond motifs is 1. The summed E-state index contributed by atoms with van der Waals surface area (Å²) in [4.78, 5) is 24.2. The molecule has 9 heteroatoms. The van der Waals surface area contributed by atoms with Crippen molar-refractivity contribution in [2.45, 2.75) is 51.0 Å². The van der Waals surface area contributed by atoms with Gasteiger partial charge in [0.1, 0.15) is 17.0 Å². The molecule has 0 aromatic carbocycles. The van der Waals surface area contributed by atoms with E-state index in [1.165, 1.54) is 0 Å². The van der Waals surface area contributed by atoms with Gasteiger partial charge in [-0.1, -0.05) is 38.4 Å². The lowest BCUT2D eigenvalue weighted by molar-refractivity contribution is 0.0713. The average molecular weight is 461 g/mol. The molecule has 0 bridgehead atoms. The molecule has 0 aliphatic heterocycles. The van der Waals surface area contributed by atoms with Crippen molar-refractivity contribution < 1.29 is 14.3 Å². The van der Waals surface area contributed by atoms with Crippen LogP contribution in [0.5, 0.6) is 0 Å². The molecule has 3 aromatic rings. The number of pyridine rings is 2. The van der Waals surface area contributed by atoms with Gasteiger partial charge in [0.05, 0.1) is 24.4 Å². The molecule has 1 amide bonds. The number of aliphatic hydroxyl groups excluding tert-OH is 1. The fourth-order valence-corrected chi connectivity index (χ4v) is 4.08. The highest BCUT2D eigenvalue weighted by molar-refractivity contribution is 6.74. The third-order valence-corrected chi connectivity index (χ3v) is 10.6. The van der Waals surface area contributed by atoms with Gasteiger partial charge < -0.3 is 19.8 Å². The van der Waals surface area contributed by atoms with Crippen LogP contribution in [0.3, 0.4) is 0 Å². The molecular formula is C22H29ClN4O3Si. The number of hydrogen-bond acceptors (Lipinski definition) is 5. The summed E-state index contributed by atoms with van der Waals surface area (Å²) in [6.07, 6.45) is 3.84. The first-order valence-electron chi connectivity index (χ1n) is 10.1. The standard InChI is InChI=1S/C22H29ClN4O3Si/c1-22(2,3)31(4,5)30-13-18(20(28)14-7-6-8-24-11-14)27-21(29)16-9-15-10-19(23)25-12-17(15)26-16/h6-12,18,20,26,28H,13H2,1-5H3,(H,27,29)/t18-,20-/m0/s1. The molecule has 2 atom stereocenters. The van der Waals surface area contributed by atoms with Gasteiger partial charge in [-0.15, -0.1) is 0 Å². The van der Waals surface area contributed by atoms with E-state index in [4.69, 9.17) is 16.0 Å². The quantitative estimate of drug-likeness (QED) is 0.357. The number of hydrogen-bond donors (Lipinski definition) is 3. The van der Waals surface area contributed by atoms with Crippen molar-refractivity contribution in [1.29, 1.82) is 0 Å². The number of aromatic nitrogens is 3. The molecule has 3 rings (SSSR count). The second-order valence-corrected chi connectivity index (χ2v) is 14.4. The van der Waals surface area contributed by atoms with E-state index in [0.29, 0.717) is 21.9 Å². The summed E-state index contributed by atoms with van der Waals surface area (Å²) >= 11 is 5.94. The monoisotopic (exact) mass is 460 g/mol. The molecule has 31 heavy (non-hydrogen) atoms. The molecule has 0 fully saturated rings. The van der Waals surface area contributed by atoms with E-state index in [-0.39, 0.29) is 17.6 Å². The molecule has 0 unspecified atom stereocenters. The number of amides is 1. The summed E-state index contributed by atoms with van der Waals surface area (Å²) in [6, 6.07) is 6.27. The average Bonchev–Trinajstić information content (AvgIpc) is 3.13. The van der Waals surface area contributed by atoms with Crippen LogP contribution in [0.1, 0.15) is 42.9 Å². The third-order valence-electron chi connectivity index (χ3n) is 5.87. The van der Waals surface area contributed by atoms with Gasteiger partial charge in [0.25, 0.3) is 5.91 Å². The van der Waals surface area contributed by atoms with E-state index in [2.05, 4.69) is 54.1 Å². The van der Waals surface area contributed by atoms with Crippen molar-refractivity contribution in [1.82, 2.24) is 20.3 Å². The lowest BCUT2D eigenvalue weighted by atomic mass is 10.0. The highest BCUT2D eigenvalue weighted by Crippen LogP contribution is 2.37. The Hall–Kier alpha value is -2.26. The first kappa shape index (κ1) is 23.4. The molecule has 0 saturated carbocycles. The molecule has 0 spiro atoms. The summed E-state index contributed by atoms with van der Waals surface area (Å²) in [5, 5.41) is 15.1. The van der Waals surface area contributed by atoms with E-state index < -0.39 is 20.5 Å². The third kappa shape index (κ3) is 5.51. The van der Waals surface area contributed by atoms with Crippen LogP contribution in [0.25, 0.3) is 10.9 Å². The normalized spacial score (nSPS) is 14.4. The minimum Gasteiger partial charge on any atom is -0.415 e. The second kappa shape index (κ2) is 9.08. The Kier molecular flexibility index (Phi) is 6.85. The van der Waals surface area contributed by atoms with Gasteiger partial charge in [-0.3, -0.25) is 9.78 Å². The molecule has 7 nitrogen and oxygen atoms in total. The largest absolute Gasteiger partial charge is 0.415 e. The first-order valence-corrected chi connectivity index (χ1v) is 13.4. The summed E-state index contributed by atoms with van der Waals surface area (Å²) < 4.78 is 6.32. The maximum absolute atomic E-state index is 13.0. The van der Waals surface area contributed by atoms with E-state index >= 15 is 0 Å². The first-order chi connectivity index (χ1) is 14.5. The molecule has 0 saturated heterocycles. The molecule has 166 valence electrons. The number of carbonyl (C=O) groups is 1. The van der Waals surface area contributed by atoms with E-state index in [1.807, 2.05) is 0 Å². The maximum atomic E-state index is 13.0. The molecule has 0 aliphatic rings. The summed E-state index contributed by atoms with van der Waals surface area (Å²) in [7, 11) is -2.09. The fraction of sp³-hybridized carbons (Fsp3) is 0.409. The van der Waals surface area contributed by atoms with Crippen LogP contribution in [0, 0.1) is 0 Å². The number of aromatic amines is 1. The Labute approximate surface area is 188 Å².